The topological polar surface area (TPSA) is 100 Å². The van der Waals surface area contributed by atoms with E-state index in [0.29, 0.717) is 45.0 Å². The van der Waals surface area contributed by atoms with Gasteiger partial charge in [-0.3, -0.25) is 4.99 Å². The van der Waals surface area contributed by atoms with E-state index in [1.807, 2.05) is 31.2 Å². The van der Waals surface area contributed by atoms with E-state index < -0.39 is 10.0 Å². The maximum absolute atomic E-state index is 12.5. The minimum Gasteiger partial charge on any atom is -0.492 e. The van der Waals surface area contributed by atoms with Crippen molar-refractivity contribution in [1.82, 2.24) is 19.7 Å². The van der Waals surface area contributed by atoms with Crippen molar-refractivity contribution in [1.29, 1.82) is 0 Å². The average molecular weight is 422 g/mol. The summed E-state index contributed by atoms with van der Waals surface area (Å²) in [5.41, 5.74) is 1.57. The Morgan fingerprint density at radius 3 is 2.72 bits per heavy atom. The van der Waals surface area contributed by atoms with Gasteiger partial charge in [-0.1, -0.05) is 17.3 Å². The van der Waals surface area contributed by atoms with Gasteiger partial charge in [0.2, 0.25) is 10.0 Å². The van der Waals surface area contributed by atoms with Crippen molar-refractivity contribution in [2.45, 2.75) is 12.7 Å². The van der Waals surface area contributed by atoms with Crippen LogP contribution in [0.5, 0.6) is 5.75 Å². The fourth-order valence-electron chi connectivity index (χ4n) is 3.14. The molecule has 3 rings (SSSR count). The highest BCUT2D eigenvalue weighted by molar-refractivity contribution is 7.88. The molecule has 0 bridgehead atoms. The molecule has 0 saturated carbocycles. The number of aryl methyl sites for hydroxylation is 1. The van der Waals surface area contributed by atoms with Gasteiger partial charge in [-0.15, -0.1) is 0 Å². The zero-order chi connectivity index (χ0) is 20.7. The SMILES string of the molecule is CN=C(NCCOc1cccc(C)c1)N1CCN(S(=O)(=O)Cc2ccon2)CC1. The Kier molecular flexibility index (Phi) is 7.10. The van der Waals surface area contributed by atoms with Crippen LogP contribution in [-0.4, -0.2) is 75.1 Å². The Bertz CT molecular complexity index is 906. The number of aromatic nitrogens is 1. The van der Waals surface area contributed by atoms with Gasteiger partial charge in [-0.2, -0.15) is 4.31 Å². The zero-order valence-corrected chi connectivity index (χ0v) is 17.6. The molecule has 2 aromatic rings. The third kappa shape index (κ3) is 5.94. The molecule has 1 saturated heterocycles. The number of piperazine rings is 1. The zero-order valence-electron chi connectivity index (χ0n) is 16.7. The van der Waals surface area contributed by atoms with E-state index in [-0.39, 0.29) is 5.75 Å². The number of aliphatic imine (C=N–C) groups is 1. The van der Waals surface area contributed by atoms with Gasteiger partial charge in [-0.25, -0.2) is 8.42 Å². The number of hydrogen-bond donors (Lipinski definition) is 1. The Hall–Kier alpha value is -2.59. The van der Waals surface area contributed by atoms with Gasteiger partial charge in [0.1, 0.15) is 24.4 Å². The summed E-state index contributed by atoms with van der Waals surface area (Å²) in [5.74, 6) is 1.44. The first-order valence-electron chi connectivity index (χ1n) is 9.50. The van der Waals surface area contributed by atoms with E-state index in [0.717, 1.165) is 17.3 Å². The van der Waals surface area contributed by atoms with Gasteiger partial charge in [-0.05, 0) is 24.6 Å². The lowest BCUT2D eigenvalue weighted by atomic mass is 10.2. The van der Waals surface area contributed by atoms with Gasteiger partial charge in [0, 0.05) is 39.3 Å². The second-order valence-corrected chi connectivity index (χ2v) is 8.74. The number of ether oxygens (including phenoxy) is 1. The molecule has 0 amide bonds. The quantitative estimate of drug-likeness (QED) is 0.406. The number of sulfonamides is 1. The summed E-state index contributed by atoms with van der Waals surface area (Å²) >= 11 is 0. The summed E-state index contributed by atoms with van der Waals surface area (Å²) in [7, 11) is -1.69. The molecular weight excluding hydrogens is 394 g/mol. The normalized spacial score (nSPS) is 16.1. The summed E-state index contributed by atoms with van der Waals surface area (Å²) in [5, 5.41) is 6.96. The first kappa shape index (κ1) is 21.1. The van der Waals surface area contributed by atoms with Crippen molar-refractivity contribution < 1.29 is 17.7 Å². The molecule has 1 fully saturated rings. The minimum atomic E-state index is -3.41. The van der Waals surface area contributed by atoms with E-state index in [1.165, 1.54) is 10.6 Å². The fraction of sp³-hybridized carbons (Fsp3) is 0.474. The molecule has 10 heteroatoms. The highest BCUT2D eigenvalue weighted by Crippen LogP contribution is 2.13. The molecule has 29 heavy (non-hydrogen) atoms. The molecule has 158 valence electrons. The van der Waals surface area contributed by atoms with Crippen molar-refractivity contribution in [3.63, 3.8) is 0 Å². The van der Waals surface area contributed by atoms with Gasteiger partial charge >= 0.3 is 0 Å². The van der Waals surface area contributed by atoms with Crippen LogP contribution >= 0.6 is 0 Å². The molecule has 1 aliphatic heterocycles. The van der Waals surface area contributed by atoms with E-state index in [4.69, 9.17) is 9.26 Å². The number of nitrogens with one attached hydrogen (secondary N) is 1. The average Bonchev–Trinajstić information content (AvgIpc) is 3.21. The lowest BCUT2D eigenvalue weighted by Gasteiger charge is -2.35. The summed E-state index contributed by atoms with van der Waals surface area (Å²) in [4.78, 5) is 6.35. The van der Waals surface area contributed by atoms with Crippen molar-refractivity contribution in [3.05, 3.63) is 47.9 Å². The molecule has 2 heterocycles. The monoisotopic (exact) mass is 421 g/mol. The Labute approximate surface area is 171 Å². The first-order valence-corrected chi connectivity index (χ1v) is 11.1. The number of rotatable bonds is 7. The highest BCUT2D eigenvalue weighted by Gasteiger charge is 2.28. The van der Waals surface area contributed by atoms with Crippen LogP contribution in [0.25, 0.3) is 0 Å². The van der Waals surface area contributed by atoms with Crippen molar-refractivity contribution in [3.8, 4) is 5.75 Å². The van der Waals surface area contributed by atoms with Gasteiger partial charge in [0.05, 0.1) is 12.2 Å². The van der Waals surface area contributed by atoms with Gasteiger partial charge in [0.15, 0.2) is 5.96 Å². The van der Waals surface area contributed by atoms with E-state index >= 15 is 0 Å². The van der Waals surface area contributed by atoms with Crippen LogP contribution in [0, 0.1) is 6.92 Å². The molecule has 1 aliphatic rings. The van der Waals surface area contributed by atoms with Gasteiger partial charge < -0.3 is 19.5 Å². The number of hydrogen-bond acceptors (Lipinski definition) is 6. The maximum atomic E-state index is 12.5. The molecule has 1 N–H and O–H groups in total. The molecule has 0 radical (unpaired) electrons. The van der Waals surface area contributed by atoms with Crippen molar-refractivity contribution in [2.24, 2.45) is 4.99 Å². The second-order valence-electron chi connectivity index (χ2n) is 6.77. The fourth-order valence-corrected chi connectivity index (χ4v) is 4.56. The standard InChI is InChI=1S/C19H27N5O4S/c1-16-4-3-5-18(14-16)27-13-7-21-19(20-2)23-8-10-24(11-9-23)29(25,26)15-17-6-12-28-22-17/h3-6,12,14H,7-11,13,15H2,1-2H3,(H,20,21). The van der Waals surface area contributed by atoms with Crippen LogP contribution < -0.4 is 10.1 Å². The lowest BCUT2D eigenvalue weighted by Crippen LogP contribution is -2.54. The summed E-state index contributed by atoms with van der Waals surface area (Å²) in [6, 6.07) is 9.48. The highest BCUT2D eigenvalue weighted by atomic mass is 32.2. The Morgan fingerprint density at radius 1 is 1.28 bits per heavy atom. The van der Waals surface area contributed by atoms with Crippen molar-refractivity contribution >= 4 is 16.0 Å². The molecule has 9 nitrogen and oxygen atoms in total. The third-order valence-corrected chi connectivity index (χ3v) is 6.42. The molecule has 0 spiro atoms. The van der Waals surface area contributed by atoms with Crippen LogP contribution in [0.15, 0.2) is 46.1 Å². The third-order valence-electron chi connectivity index (χ3n) is 4.61. The van der Waals surface area contributed by atoms with Crippen LogP contribution in [0.1, 0.15) is 11.3 Å². The largest absolute Gasteiger partial charge is 0.492 e. The molecule has 1 aromatic carbocycles. The maximum Gasteiger partial charge on any atom is 0.220 e. The second kappa shape index (κ2) is 9.75. The van der Waals surface area contributed by atoms with Crippen LogP contribution in [0.2, 0.25) is 0 Å². The molecule has 0 unspecified atom stereocenters. The van der Waals surface area contributed by atoms with Crippen LogP contribution in [0.3, 0.4) is 0 Å². The van der Waals surface area contributed by atoms with Crippen LogP contribution in [-0.2, 0) is 15.8 Å². The minimum absolute atomic E-state index is 0.146. The molecule has 0 aliphatic carbocycles. The van der Waals surface area contributed by atoms with Crippen molar-refractivity contribution in [2.75, 3.05) is 46.4 Å². The van der Waals surface area contributed by atoms with E-state index in [1.54, 1.807) is 13.1 Å². The summed E-state index contributed by atoms with van der Waals surface area (Å²) in [6.07, 6.45) is 1.38. The van der Waals surface area contributed by atoms with E-state index in [9.17, 15) is 8.42 Å². The molecule has 0 atom stereocenters. The number of guanidine groups is 1. The predicted octanol–water partition coefficient (Wildman–Crippen LogP) is 1.08. The lowest BCUT2D eigenvalue weighted by molar-refractivity contribution is 0.257. The summed E-state index contributed by atoms with van der Waals surface area (Å²) in [6.45, 7) is 5.08. The first-order chi connectivity index (χ1) is 14.0. The van der Waals surface area contributed by atoms with Crippen LogP contribution in [0.4, 0.5) is 0 Å². The Morgan fingerprint density at radius 2 is 2.07 bits per heavy atom. The number of nitrogens with zero attached hydrogens (tertiary/aromatic N) is 4. The molecular formula is C19H27N5O4S. The molecule has 1 aromatic heterocycles. The number of benzene rings is 1. The predicted molar refractivity (Wildman–Crippen MR) is 110 cm³/mol. The van der Waals surface area contributed by atoms with E-state index in [2.05, 4.69) is 20.4 Å². The van der Waals surface area contributed by atoms with Gasteiger partial charge in [0.25, 0.3) is 0 Å². The Balaban J connectivity index is 1.43. The summed E-state index contributed by atoms with van der Waals surface area (Å²) < 4.78 is 37.0. The smallest absolute Gasteiger partial charge is 0.220 e.